The number of hydrogen-bond acceptors (Lipinski definition) is 6. The van der Waals surface area contributed by atoms with E-state index in [2.05, 4.69) is 10.6 Å². The van der Waals surface area contributed by atoms with Crippen LogP contribution in [-0.4, -0.2) is 41.7 Å². The van der Waals surface area contributed by atoms with E-state index >= 15 is 0 Å². The molecule has 0 aliphatic carbocycles. The number of methoxy groups -OCH3 is 1. The third-order valence-electron chi connectivity index (χ3n) is 6.66. The van der Waals surface area contributed by atoms with E-state index in [0.29, 0.717) is 22.6 Å². The predicted molar refractivity (Wildman–Crippen MR) is 113 cm³/mol. The van der Waals surface area contributed by atoms with Crippen LogP contribution in [0.5, 0.6) is 5.75 Å². The molecule has 32 heavy (non-hydrogen) atoms. The zero-order valence-electron chi connectivity index (χ0n) is 17.3. The van der Waals surface area contributed by atoms with Crippen LogP contribution in [0.25, 0.3) is 0 Å². The quantitative estimate of drug-likeness (QED) is 0.587. The van der Waals surface area contributed by atoms with Crippen LogP contribution in [0.1, 0.15) is 17.5 Å². The second kappa shape index (κ2) is 7.16. The number of para-hydroxylation sites is 2. The minimum Gasteiger partial charge on any atom is -0.496 e. The van der Waals surface area contributed by atoms with Gasteiger partial charge >= 0.3 is 0 Å². The molecular weight excluding hydrogens is 412 g/mol. The number of nitrogens with one attached hydrogen (secondary N) is 2. The fourth-order valence-electron chi connectivity index (χ4n) is 5.37. The van der Waals surface area contributed by atoms with Crippen molar-refractivity contribution in [2.75, 3.05) is 12.4 Å². The van der Waals surface area contributed by atoms with E-state index in [1.807, 2.05) is 0 Å². The van der Waals surface area contributed by atoms with Crippen molar-refractivity contribution in [1.29, 1.82) is 0 Å². The van der Waals surface area contributed by atoms with Crippen molar-refractivity contribution in [3.05, 3.63) is 59.7 Å². The van der Waals surface area contributed by atoms with E-state index in [1.54, 1.807) is 48.5 Å². The minimum atomic E-state index is -1.44. The molecule has 164 valence electrons. The van der Waals surface area contributed by atoms with Crippen LogP contribution in [0, 0.1) is 11.8 Å². The smallest absolute Gasteiger partial charge is 0.250 e. The van der Waals surface area contributed by atoms with Crippen molar-refractivity contribution >= 4 is 29.3 Å². The molecule has 2 aromatic rings. The number of amides is 4. The molecule has 2 saturated heterocycles. The zero-order valence-corrected chi connectivity index (χ0v) is 17.3. The van der Waals surface area contributed by atoms with E-state index in [-0.39, 0.29) is 13.0 Å². The second-order valence-electron chi connectivity index (χ2n) is 8.31. The number of hydrogen-bond donors (Lipinski definition) is 3. The van der Waals surface area contributed by atoms with Crippen molar-refractivity contribution in [2.24, 2.45) is 17.6 Å². The van der Waals surface area contributed by atoms with E-state index in [1.165, 1.54) is 7.11 Å². The molecule has 3 heterocycles. The van der Waals surface area contributed by atoms with Crippen LogP contribution in [-0.2, 0) is 31.3 Å². The molecule has 4 atom stereocenters. The van der Waals surface area contributed by atoms with Gasteiger partial charge in [0.2, 0.25) is 23.6 Å². The average molecular weight is 434 g/mol. The molecule has 0 saturated carbocycles. The SMILES string of the molecule is COc1ccccc1CN1C(=O)[C@H]2[C@H](CC(N)=O)N[C@@]3(C(=O)Nc4ccccc43)[C@H]2C1=O. The average Bonchev–Trinajstić information content (AvgIpc) is 3.34. The summed E-state index contributed by atoms with van der Waals surface area (Å²) < 4.78 is 5.36. The maximum atomic E-state index is 13.7. The normalized spacial score (nSPS) is 28.1. The number of fused-ring (bicyclic) bond motifs is 4. The van der Waals surface area contributed by atoms with Gasteiger partial charge in [-0.2, -0.15) is 0 Å². The highest BCUT2D eigenvalue weighted by Gasteiger charge is 2.70. The van der Waals surface area contributed by atoms with Crippen LogP contribution >= 0.6 is 0 Å². The van der Waals surface area contributed by atoms with Crippen LogP contribution in [0.3, 0.4) is 0 Å². The molecule has 3 aliphatic heterocycles. The molecule has 1 spiro atoms. The number of imide groups is 1. The Labute approximate surface area is 183 Å². The molecule has 9 nitrogen and oxygen atoms in total. The molecular formula is C23H22N4O5. The summed E-state index contributed by atoms with van der Waals surface area (Å²) >= 11 is 0. The first-order valence-electron chi connectivity index (χ1n) is 10.3. The van der Waals surface area contributed by atoms with Crippen molar-refractivity contribution in [3.8, 4) is 5.75 Å². The van der Waals surface area contributed by atoms with Gasteiger partial charge in [0.15, 0.2) is 0 Å². The second-order valence-corrected chi connectivity index (χ2v) is 8.31. The Morgan fingerprint density at radius 3 is 2.56 bits per heavy atom. The van der Waals surface area contributed by atoms with Gasteiger partial charge in [-0.15, -0.1) is 0 Å². The summed E-state index contributed by atoms with van der Waals surface area (Å²) in [5, 5.41) is 5.98. The number of nitrogens with zero attached hydrogens (tertiary/aromatic N) is 1. The van der Waals surface area contributed by atoms with E-state index < -0.39 is 47.0 Å². The van der Waals surface area contributed by atoms with Gasteiger partial charge in [0.25, 0.3) is 0 Å². The molecule has 2 fully saturated rings. The van der Waals surface area contributed by atoms with Crippen molar-refractivity contribution in [1.82, 2.24) is 10.2 Å². The summed E-state index contributed by atoms with van der Waals surface area (Å²) in [4.78, 5) is 53.4. The lowest BCUT2D eigenvalue weighted by Gasteiger charge is -2.29. The number of anilines is 1. The number of primary amides is 1. The van der Waals surface area contributed by atoms with Crippen LogP contribution in [0.4, 0.5) is 5.69 Å². The highest BCUT2D eigenvalue weighted by Crippen LogP contribution is 2.53. The number of nitrogens with two attached hydrogens (primary N) is 1. The topological polar surface area (TPSA) is 131 Å². The third kappa shape index (κ3) is 2.67. The number of rotatable bonds is 5. The molecule has 9 heteroatoms. The van der Waals surface area contributed by atoms with Gasteiger partial charge in [-0.3, -0.25) is 29.4 Å². The summed E-state index contributed by atoms with van der Waals surface area (Å²) in [6.07, 6.45) is -0.167. The highest BCUT2D eigenvalue weighted by atomic mass is 16.5. The zero-order chi connectivity index (χ0) is 22.6. The van der Waals surface area contributed by atoms with Crippen molar-refractivity contribution in [3.63, 3.8) is 0 Å². The lowest BCUT2D eigenvalue weighted by molar-refractivity contribution is -0.143. The van der Waals surface area contributed by atoms with Gasteiger partial charge in [0, 0.05) is 29.3 Å². The summed E-state index contributed by atoms with van der Waals surface area (Å²) in [6.45, 7) is 0.0112. The summed E-state index contributed by atoms with van der Waals surface area (Å²) in [7, 11) is 1.52. The first-order chi connectivity index (χ1) is 15.4. The first-order valence-corrected chi connectivity index (χ1v) is 10.3. The number of carbonyl (C=O) groups is 4. The van der Waals surface area contributed by atoms with Gasteiger partial charge in [-0.1, -0.05) is 36.4 Å². The van der Waals surface area contributed by atoms with Gasteiger partial charge in [-0.05, 0) is 12.1 Å². The fourth-order valence-corrected chi connectivity index (χ4v) is 5.37. The molecule has 4 amide bonds. The molecule has 0 aromatic heterocycles. The Bertz CT molecular complexity index is 1160. The number of benzene rings is 2. The minimum absolute atomic E-state index is 0.0112. The lowest BCUT2D eigenvalue weighted by atomic mass is 9.76. The lowest BCUT2D eigenvalue weighted by Crippen LogP contribution is -2.53. The van der Waals surface area contributed by atoms with Crippen LogP contribution in [0.2, 0.25) is 0 Å². The Balaban J connectivity index is 1.60. The van der Waals surface area contributed by atoms with Gasteiger partial charge < -0.3 is 15.8 Å². The maximum Gasteiger partial charge on any atom is 0.250 e. The highest BCUT2D eigenvalue weighted by molar-refractivity contribution is 6.15. The first kappa shape index (κ1) is 20.2. The molecule has 0 unspecified atom stereocenters. The molecule has 5 rings (SSSR count). The standard InChI is InChI=1S/C23H22N4O5/c1-32-16-9-5-2-6-12(16)11-27-20(29)18-15(10-17(24)28)26-23(19(18)21(27)30)13-7-3-4-8-14(13)25-22(23)31/h2-9,15,18-19,26H,10-11H2,1H3,(H2,24,28)(H,25,31)/t15-,18-,19+,23+/m0/s1. The van der Waals surface area contributed by atoms with Gasteiger partial charge in [-0.25, -0.2) is 0 Å². The van der Waals surface area contributed by atoms with Crippen LogP contribution in [0.15, 0.2) is 48.5 Å². The molecule has 2 aromatic carbocycles. The predicted octanol–water partition coefficient (Wildman–Crippen LogP) is 0.491. The fraction of sp³-hybridized carbons (Fsp3) is 0.304. The third-order valence-corrected chi connectivity index (χ3v) is 6.66. The van der Waals surface area contributed by atoms with E-state index in [0.717, 1.165) is 4.90 Å². The Morgan fingerprint density at radius 1 is 1.09 bits per heavy atom. The molecule has 0 radical (unpaired) electrons. The van der Waals surface area contributed by atoms with E-state index in [4.69, 9.17) is 10.5 Å². The van der Waals surface area contributed by atoms with Crippen LogP contribution < -0.4 is 21.1 Å². The Kier molecular flexibility index (Phi) is 4.52. The Morgan fingerprint density at radius 2 is 1.81 bits per heavy atom. The maximum absolute atomic E-state index is 13.7. The summed E-state index contributed by atoms with van der Waals surface area (Å²) in [6, 6.07) is 13.4. The number of ether oxygens (including phenoxy) is 1. The van der Waals surface area contributed by atoms with Gasteiger partial charge in [0.1, 0.15) is 11.3 Å². The number of carbonyl (C=O) groups excluding carboxylic acids is 4. The van der Waals surface area contributed by atoms with Crippen molar-refractivity contribution < 1.29 is 23.9 Å². The van der Waals surface area contributed by atoms with E-state index in [9.17, 15) is 19.2 Å². The summed E-state index contributed by atoms with van der Waals surface area (Å²) in [5.41, 5.74) is 5.83. The molecule has 4 N–H and O–H groups in total. The monoisotopic (exact) mass is 434 g/mol. The Hall–Kier alpha value is -3.72. The summed E-state index contributed by atoms with van der Waals surface area (Å²) in [5.74, 6) is -3.25. The molecule has 3 aliphatic rings. The van der Waals surface area contributed by atoms with Gasteiger partial charge in [0.05, 0.1) is 25.5 Å². The van der Waals surface area contributed by atoms with Crippen molar-refractivity contribution in [2.45, 2.75) is 24.5 Å². The number of likely N-dealkylation sites (tertiary alicyclic amines) is 1. The molecule has 0 bridgehead atoms. The largest absolute Gasteiger partial charge is 0.496 e.